The summed E-state index contributed by atoms with van der Waals surface area (Å²) < 4.78 is 4.87. The molecule has 64 valence electrons. The Bertz CT molecular complexity index is 161. The Kier molecular flexibility index (Phi) is 2.43. The minimum atomic E-state index is -0.415. The lowest BCUT2D eigenvalue weighted by Crippen LogP contribution is -2.25. The standard InChI is InChI=1S/C6H11NO4/c1-4-5(10-4)6(8)11-7(2)9-3/h4-5H,1-3H3/t4-,5-/m1/s1. The molecule has 1 rings (SSSR count). The predicted octanol–water partition coefficient (Wildman–Crippen LogP) is -0.275. The van der Waals surface area contributed by atoms with Crippen LogP contribution in [0.15, 0.2) is 0 Å². The minimum absolute atomic E-state index is 0.0206. The Morgan fingerprint density at radius 3 is 2.55 bits per heavy atom. The van der Waals surface area contributed by atoms with Gasteiger partial charge in [-0.1, -0.05) is 0 Å². The zero-order valence-electron chi connectivity index (χ0n) is 6.73. The number of hydrogen-bond donors (Lipinski definition) is 0. The van der Waals surface area contributed by atoms with Crippen LogP contribution in [-0.4, -0.2) is 37.6 Å². The monoisotopic (exact) mass is 161 g/mol. The van der Waals surface area contributed by atoms with Crippen molar-refractivity contribution >= 4 is 5.97 Å². The molecule has 0 aromatic heterocycles. The summed E-state index contributed by atoms with van der Waals surface area (Å²) in [5.74, 6) is -0.415. The van der Waals surface area contributed by atoms with Gasteiger partial charge in [-0.3, -0.25) is 4.84 Å². The van der Waals surface area contributed by atoms with Gasteiger partial charge in [-0.25, -0.2) is 4.79 Å². The molecule has 0 unspecified atom stereocenters. The predicted molar refractivity (Wildman–Crippen MR) is 35.2 cm³/mol. The third-order valence-corrected chi connectivity index (χ3v) is 1.42. The van der Waals surface area contributed by atoms with Gasteiger partial charge in [0.15, 0.2) is 6.10 Å². The van der Waals surface area contributed by atoms with E-state index in [9.17, 15) is 4.79 Å². The van der Waals surface area contributed by atoms with E-state index in [1.54, 1.807) is 6.92 Å². The fourth-order valence-corrected chi connectivity index (χ4v) is 0.649. The smallest absolute Gasteiger partial charge is 0.357 e. The number of rotatable bonds is 3. The molecule has 5 nitrogen and oxygen atoms in total. The highest BCUT2D eigenvalue weighted by Crippen LogP contribution is 2.22. The first-order valence-electron chi connectivity index (χ1n) is 3.30. The van der Waals surface area contributed by atoms with Gasteiger partial charge in [0.05, 0.1) is 20.3 Å². The third-order valence-electron chi connectivity index (χ3n) is 1.42. The van der Waals surface area contributed by atoms with Gasteiger partial charge in [-0.15, -0.1) is 0 Å². The lowest BCUT2D eigenvalue weighted by molar-refractivity contribution is -0.318. The Morgan fingerprint density at radius 2 is 2.18 bits per heavy atom. The van der Waals surface area contributed by atoms with Crippen LogP contribution in [0.1, 0.15) is 6.92 Å². The quantitative estimate of drug-likeness (QED) is 0.421. The molecule has 1 aliphatic heterocycles. The number of epoxide rings is 1. The average molecular weight is 161 g/mol. The molecule has 0 aromatic rings. The second-order valence-electron chi connectivity index (χ2n) is 2.29. The van der Waals surface area contributed by atoms with E-state index >= 15 is 0 Å². The van der Waals surface area contributed by atoms with Crippen molar-refractivity contribution in [3.8, 4) is 0 Å². The molecular weight excluding hydrogens is 150 g/mol. The van der Waals surface area contributed by atoms with Crippen LogP contribution < -0.4 is 0 Å². The number of nitrogens with zero attached hydrogens (tertiary/aromatic N) is 1. The summed E-state index contributed by atoms with van der Waals surface area (Å²) in [4.78, 5) is 20.1. The van der Waals surface area contributed by atoms with Gasteiger partial charge in [0.25, 0.3) is 0 Å². The summed E-state index contributed by atoms with van der Waals surface area (Å²) in [7, 11) is 2.90. The average Bonchev–Trinajstić information content (AvgIpc) is 2.66. The first kappa shape index (κ1) is 8.45. The van der Waals surface area contributed by atoms with Crippen molar-refractivity contribution in [3.05, 3.63) is 0 Å². The summed E-state index contributed by atoms with van der Waals surface area (Å²) >= 11 is 0. The van der Waals surface area contributed by atoms with E-state index in [1.165, 1.54) is 14.2 Å². The number of hydroxylamine groups is 2. The van der Waals surface area contributed by atoms with Gasteiger partial charge in [-0.2, -0.15) is 0 Å². The van der Waals surface area contributed by atoms with E-state index < -0.39 is 12.1 Å². The Balaban J connectivity index is 2.21. The maximum atomic E-state index is 10.9. The number of carbonyl (C=O) groups is 1. The van der Waals surface area contributed by atoms with Crippen molar-refractivity contribution in [2.45, 2.75) is 19.1 Å². The largest absolute Gasteiger partial charge is 0.359 e. The van der Waals surface area contributed by atoms with Gasteiger partial charge < -0.3 is 9.57 Å². The van der Waals surface area contributed by atoms with Gasteiger partial charge in [0, 0.05) is 0 Å². The van der Waals surface area contributed by atoms with Crippen molar-refractivity contribution in [3.63, 3.8) is 0 Å². The first-order chi connectivity index (χ1) is 5.15. The van der Waals surface area contributed by atoms with Crippen molar-refractivity contribution in [2.24, 2.45) is 0 Å². The lowest BCUT2D eigenvalue weighted by atomic mass is 10.3. The maximum Gasteiger partial charge on any atom is 0.359 e. The van der Waals surface area contributed by atoms with Gasteiger partial charge >= 0.3 is 5.97 Å². The summed E-state index contributed by atoms with van der Waals surface area (Å²) in [6.07, 6.45) is -0.430. The molecule has 0 amide bonds. The summed E-state index contributed by atoms with van der Waals surface area (Å²) in [5.41, 5.74) is 0. The summed E-state index contributed by atoms with van der Waals surface area (Å²) in [6.45, 7) is 1.80. The molecule has 1 aliphatic rings. The van der Waals surface area contributed by atoms with Crippen LogP contribution >= 0.6 is 0 Å². The molecule has 1 heterocycles. The number of carbonyl (C=O) groups excluding carboxylic acids is 1. The highest BCUT2D eigenvalue weighted by molar-refractivity contribution is 5.77. The van der Waals surface area contributed by atoms with Gasteiger partial charge in [-0.05, 0) is 12.2 Å². The molecule has 1 fully saturated rings. The number of ether oxygens (including phenoxy) is 1. The van der Waals surface area contributed by atoms with E-state index in [-0.39, 0.29) is 6.10 Å². The highest BCUT2D eigenvalue weighted by Gasteiger charge is 2.43. The van der Waals surface area contributed by atoms with Crippen molar-refractivity contribution in [1.29, 1.82) is 0 Å². The van der Waals surface area contributed by atoms with E-state index in [2.05, 4.69) is 9.68 Å². The molecule has 0 saturated carbocycles. The van der Waals surface area contributed by atoms with E-state index in [1.807, 2.05) is 0 Å². The van der Waals surface area contributed by atoms with Crippen LogP contribution in [0.3, 0.4) is 0 Å². The van der Waals surface area contributed by atoms with Crippen LogP contribution in [-0.2, 0) is 19.2 Å². The Labute approximate surface area is 64.7 Å². The van der Waals surface area contributed by atoms with Crippen LogP contribution in [0.5, 0.6) is 0 Å². The molecular formula is C6H11NO4. The fourth-order valence-electron chi connectivity index (χ4n) is 0.649. The molecule has 11 heavy (non-hydrogen) atoms. The normalized spacial score (nSPS) is 28.7. The molecule has 0 bridgehead atoms. The van der Waals surface area contributed by atoms with Gasteiger partial charge in [0.2, 0.25) is 0 Å². The lowest BCUT2D eigenvalue weighted by Gasteiger charge is -2.10. The Hall–Kier alpha value is -0.650. The van der Waals surface area contributed by atoms with E-state index in [0.29, 0.717) is 0 Å². The summed E-state index contributed by atoms with van der Waals surface area (Å²) in [5, 5.41) is 0.983. The second-order valence-corrected chi connectivity index (χ2v) is 2.29. The molecule has 0 aliphatic carbocycles. The molecule has 0 N–H and O–H groups in total. The molecule has 0 aromatic carbocycles. The van der Waals surface area contributed by atoms with Crippen molar-refractivity contribution < 1.29 is 19.2 Å². The van der Waals surface area contributed by atoms with Crippen molar-refractivity contribution in [1.82, 2.24) is 5.23 Å². The SMILES string of the molecule is CON(C)OC(=O)[C@@H]1O[C@@H]1C. The fraction of sp³-hybridized carbons (Fsp3) is 0.833. The number of hydrogen-bond acceptors (Lipinski definition) is 5. The highest BCUT2D eigenvalue weighted by atomic mass is 17.0. The van der Waals surface area contributed by atoms with Crippen LogP contribution in [0.4, 0.5) is 0 Å². The molecule has 2 atom stereocenters. The minimum Gasteiger partial charge on any atom is -0.357 e. The van der Waals surface area contributed by atoms with Crippen molar-refractivity contribution in [2.75, 3.05) is 14.2 Å². The van der Waals surface area contributed by atoms with Gasteiger partial charge in [0.1, 0.15) is 0 Å². The molecule has 5 heteroatoms. The summed E-state index contributed by atoms with van der Waals surface area (Å²) in [6, 6.07) is 0. The zero-order valence-corrected chi connectivity index (χ0v) is 6.73. The molecule has 1 saturated heterocycles. The Morgan fingerprint density at radius 1 is 1.64 bits per heavy atom. The second kappa shape index (κ2) is 3.17. The van der Waals surface area contributed by atoms with E-state index in [0.717, 1.165) is 5.23 Å². The molecule has 0 radical (unpaired) electrons. The van der Waals surface area contributed by atoms with Crippen LogP contribution in [0.2, 0.25) is 0 Å². The van der Waals surface area contributed by atoms with Crippen LogP contribution in [0, 0.1) is 0 Å². The van der Waals surface area contributed by atoms with Crippen LogP contribution in [0.25, 0.3) is 0 Å². The topological polar surface area (TPSA) is 51.3 Å². The van der Waals surface area contributed by atoms with E-state index in [4.69, 9.17) is 4.74 Å². The molecule has 0 spiro atoms. The maximum absolute atomic E-state index is 10.9. The third kappa shape index (κ3) is 2.14. The first-order valence-corrected chi connectivity index (χ1v) is 3.30. The zero-order chi connectivity index (χ0) is 8.43.